The zero-order valence-corrected chi connectivity index (χ0v) is 8.09. The predicted octanol–water partition coefficient (Wildman–Crippen LogP) is 1.08. The molecule has 66 valence electrons. The van der Waals surface area contributed by atoms with Crippen LogP contribution in [0.5, 0.6) is 0 Å². The Hall–Kier alpha value is -0.0800. The van der Waals surface area contributed by atoms with Crippen molar-refractivity contribution < 1.29 is 0 Å². The van der Waals surface area contributed by atoms with Crippen LogP contribution < -0.4 is 5.32 Å². The van der Waals surface area contributed by atoms with E-state index >= 15 is 0 Å². The molecule has 1 fully saturated rings. The van der Waals surface area contributed by atoms with Gasteiger partial charge in [0.25, 0.3) is 0 Å². The van der Waals surface area contributed by atoms with E-state index in [9.17, 15) is 0 Å². The summed E-state index contributed by atoms with van der Waals surface area (Å²) < 4.78 is 0. The van der Waals surface area contributed by atoms with Crippen molar-refractivity contribution in [2.45, 2.75) is 44.8 Å². The van der Waals surface area contributed by atoms with E-state index in [-0.39, 0.29) is 0 Å². The lowest BCUT2D eigenvalue weighted by Gasteiger charge is -2.40. The highest BCUT2D eigenvalue weighted by Gasteiger charge is 2.26. The molecule has 0 bridgehead atoms. The van der Waals surface area contributed by atoms with Crippen LogP contribution in [0, 0.1) is 0 Å². The molecule has 11 heavy (non-hydrogen) atoms. The SMILES string of the molecule is CNC1CC(C)N(C)C(C)C1. The van der Waals surface area contributed by atoms with Gasteiger partial charge in [-0.1, -0.05) is 0 Å². The summed E-state index contributed by atoms with van der Waals surface area (Å²) in [5.74, 6) is 0. The van der Waals surface area contributed by atoms with E-state index in [4.69, 9.17) is 0 Å². The number of nitrogens with zero attached hydrogens (tertiary/aromatic N) is 1. The van der Waals surface area contributed by atoms with Crippen LogP contribution in [0.3, 0.4) is 0 Å². The average Bonchev–Trinajstić information content (AvgIpc) is 1.99. The highest BCUT2D eigenvalue weighted by atomic mass is 15.2. The minimum absolute atomic E-state index is 0.733. The summed E-state index contributed by atoms with van der Waals surface area (Å²) in [4.78, 5) is 2.47. The summed E-state index contributed by atoms with van der Waals surface area (Å²) in [6.45, 7) is 4.61. The largest absolute Gasteiger partial charge is 0.317 e. The average molecular weight is 156 g/mol. The second-order valence-electron chi connectivity index (χ2n) is 3.82. The van der Waals surface area contributed by atoms with E-state index in [2.05, 4.69) is 38.2 Å². The van der Waals surface area contributed by atoms with Crippen molar-refractivity contribution in [2.24, 2.45) is 0 Å². The van der Waals surface area contributed by atoms with Crippen LogP contribution in [0.4, 0.5) is 0 Å². The highest BCUT2D eigenvalue weighted by molar-refractivity contribution is 4.85. The first-order chi connectivity index (χ1) is 5.15. The van der Waals surface area contributed by atoms with Crippen LogP contribution in [-0.2, 0) is 0 Å². The third kappa shape index (κ3) is 1.94. The van der Waals surface area contributed by atoms with Crippen molar-refractivity contribution in [3.8, 4) is 0 Å². The molecule has 0 saturated carbocycles. The van der Waals surface area contributed by atoms with Gasteiger partial charge < -0.3 is 10.2 Å². The quantitative estimate of drug-likeness (QED) is 0.611. The lowest BCUT2D eigenvalue weighted by atomic mass is 9.94. The minimum Gasteiger partial charge on any atom is -0.317 e. The van der Waals surface area contributed by atoms with Gasteiger partial charge in [0.1, 0.15) is 0 Å². The van der Waals surface area contributed by atoms with Gasteiger partial charge in [-0.05, 0) is 40.8 Å². The molecule has 1 N–H and O–H groups in total. The molecule has 1 heterocycles. The van der Waals surface area contributed by atoms with Gasteiger partial charge in [0, 0.05) is 18.1 Å². The summed E-state index contributed by atoms with van der Waals surface area (Å²) >= 11 is 0. The van der Waals surface area contributed by atoms with Gasteiger partial charge >= 0.3 is 0 Å². The van der Waals surface area contributed by atoms with Crippen LogP contribution in [0.25, 0.3) is 0 Å². The molecule has 0 amide bonds. The fraction of sp³-hybridized carbons (Fsp3) is 1.00. The molecule has 0 aromatic carbocycles. The van der Waals surface area contributed by atoms with Crippen molar-refractivity contribution in [1.82, 2.24) is 10.2 Å². The molecule has 2 nitrogen and oxygen atoms in total. The van der Waals surface area contributed by atoms with E-state index in [1.807, 2.05) is 0 Å². The first-order valence-corrected chi connectivity index (χ1v) is 4.54. The number of rotatable bonds is 1. The molecule has 1 rings (SSSR count). The molecule has 2 unspecified atom stereocenters. The van der Waals surface area contributed by atoms with Crippen LogP contribution in [0.15, 0.2) is 0 Å². The molecular formula is C9H20N2. The van der Waals surface area contributed by atoms with Gasteiger partial charge in [0.15, 0.2) is 0 Å². The molecule has 1 aliphatic rings. The molecule has 0 radical (unpaired) electrons. The second-order valence-corrected chi connectivity index (χ2v) is 3.82. The molecule has 2 heteroatoms. The fourth-order valence-electron chi connectivity index (χ4n) is 1.92. The van der Waals surface area contributed by atoms with Crippen LogP contribution in [-0.4, -0.2) is 37.1 Å². The maximum absolute atomic E-state index is 3.36. The van der Waals surface area contributed by atoms with Gasteiger partial charge in [0.2, 0.25) is 0 Å². The van der Waals surface area contributed by atoms with Gasteiger partial charge in [-0.3, -0.25) is 0 Å². The van der Waals surface area contributed by atoms with Crippen molar-refractivity contribution in [2.75, 3.05) is 14.1 Å². The lowest BCUT2D eigenvalue weighted by Crippen LogP contribution is -2.49. The maximum Gasteiger partial charge on any atom is 0.00936 e. The van der Waals surface area contributed by atoms with Crippen LogP contribution in [0.2, 0.25) is 0 Å². The lowest BCUT2D eigenvalue weighted by molar-refractivity contribution is 0.115. The van der Waals surface area contributed by atoms with Gasteiger partial charge in [0.05, 0.1) is 0 Å². The number of likely N-dealkylation sites (tertiary alicyclic amines) is 1. The van der Waals surface area contributed by atoms with Crippen LogP contribution in [0.1, 0.15) is 26.7 Å². The summed E-state index contributed by atoms with van der Waals surface area (Å²) in [6.07, 6.45) is 2.58. The fourth-order valence-corrected chi connectivity index (χ4v) is 1.92. The number of hydrogen-bond donors (Lipinski definition) is 1. The van der Waals surface area contributed by atoms with E-state index in [1.54, 1.807) is 0 Å². The second kappa shape index (κ2) is 3.55. The van der Waals surface area contributed by atoms with Gasteiger partial charge in [-0.15, -0.1) is 0 Å². The Morgan fingerprint density at radius 3 is 2.00 bits per heavy atom. The van der Waals surface area contributed by atoms with Gasteiger partial charge in [-0.2, -0.15) is 0 Å². The molecule has 1 aliphatic heterocycles. The molecular weight excluding hydrogens is 136 g/mol. The molecule has 2 atom stereocenters. The third-order valence-corrected chi connectivity index (χ3v) is 3.05. The van der Waals surface area contributed by atoms with E-state index in [0.717, 1.165) is 18.1 Å². The summed E-state index contributed by atoms with van der Waals surface area (Å²) in [5, 5.41) is 3.36. The molecule has 1 saturated heterocycles. The van der Waals surface area contributed by atoms with Crippen molar-refractivity contribution >= 4 is 0 Å². The number of nitrogens with one attached hydrogen (secondary N) is 1. The number of hydrogen-bond acceptors (Lipinski definition) is 2. The standard InChI is InChI=1S/C9H20N2/c1-7-5-9(10-3)6-8(2)11(7)4/h7-10H,5-6H2,1-4H3. The molecule has 0 spiro atoms. The third-order valence-electron chi connectivity index (χ3n) is 3.05. The summed E-state index contributed by atoms with van der Waals surface area (Å²) in [7, 11) is 4.29. The van der Waals surface area contributed by atoms with Gasteiger partial charge in [-0.25, -0.2) is 0 Å². The van der Waals surface area contributed by atoms with E-state index < -0.39 is 0 Å². The Morgan fingerprint density at radius 1 is 1.18 bits per heavy atom. The van der Waals surface area contributed by atoms with E-state index in [0.29, 0.717) is 0 Å². The first kappa shape index (κ1) is 9.01. The Bertz CT molecular complexity index is 113. The zero-order valence-electron chi connectivity index (χ0n) is 8.09. The minimum atomic E-state index is 0.733. The Balaban J connectivity index is 2.47. The summed E-state index contributed by atoms with van der Waals surface area (Å²) in [6, 6.07) is 2.20. The Morgan fingerprint density at radius 2 is 1.64 bits per heavy atom. The first-order valence-electron chi connectivity index (χ1n) is 4.54. The Kier molecular flexibility index (Phi) is 2.90. The molecule has 0 aromatic heterocycles. The summed E-state index contributed by atoms with van der Waals surface area (Å²) in [5.41, 5.74) is 0. The van der Waals surface area contributed by atoms with Crippen molar-refractivity contribution in [1.29, 1.82) is 0 Å². The smallest absolute Gasteiger partial charge is 0.00936 e. The predicted molar refractivity (Wildman–Crippen MR) is 48.8 cm³/mol. The molecule has 0 aromatic rings. The maximum atomic E-state index is 3.36. The monoisotopic (exact) mass is 156 g/mol. The zero-order chi connectivity index (χ0) is 8.43. The van der Waals surface area contributed by atoms with E-state index in [1.165, 1.54) is 12.8 Å². The number of piperidine rings is 1. The highest BCUT2D eigenvalue weighted by Crippen LogP contribution is 2.20. The normalized spacial score (nSPS) is 40.9. The Labute approximate surface area is 70.0 Å². The molecule has 0 aliphatic carbocycles. The topological polar surface area (TPSA) is 15.3 Å². The van der Waals surface area contributed by atoms with Crippen molar-refractivity contribution in [3.05, 3.63) is 0 Å². The van der Waals surface area contributed by atoms with Crippen molar-refractivity contribution in [3.63, 3.8) is 0 Å². The van der Waals surface area contributed by atoms with Crippen LogP contribution >= 0.6 is 0 Å².